The van der Waals surface area contributed by atoms with Gasteiger partial charge in [-0.25, -0.2) is 0 Å². The van der Waals surface area contributed by atoms with Crippen molar-refractivity contribution < 1.29 is 9.53 Å². The first-order chi connectivity index (χ1) is 11.2. The van der Waals surface area contributed by atoms with Crippen LogP contribution >= 0.6 is 0 Å². The Hall–Kier alpha value is -2.21. The SMILES string of the molecule is CN(CCC1CCOCC1)C(=O)c1nnc2ccccc2c1N. The molecule has 1 fully saturated rings. The van der Waals surface area contributed by atoms with Gasteiger partial charge >= 0.3 is 0 Å². The van der Waals surface area contributed by atoms with E-state index in [0.717, 1.165) is 37.9 Å². The summed E-state index contributed by atoms with van der Waals surface area (Å²) in [5.74, 6) is 0.451. The molecule has 122 valence electrons. The number of ether oxygens (including phenoxy) is 1. The van der Waals surface area contributed by atoms with E-state index in [1.54, 1.807) is 11.9 Å². The first-order valence-electron chi connectivity index (χ1n) is 8.01. The maximum atomic E-state index is 12.6. The summed E-state index contributed by atoms with van der Waals surface area (Å²) in [6.45, 7) is 2.34. The molecule has 6 nitrogen and oxygen atoms in total. The first-order valence-corrected chi connectivity index (χ1v) is 8.01. The molecule has 2 aromatic rings. The molecule has 0 bridgehead atoms. The number of hydrogen-bond acceptors (Lipinski definition) is 5. The molecule has 6 heteroatoms. The minimum Gasteiger partial charge on any atom is -0.396 e. The number of nitrogen functional groups attached to an aromatic ring is 1. The third-order valence-electron chi connectivity index (χ3n) is 4.47. The van der Waals surface area contributed by atoms with E-state index in [1.165, 1.54) is 0 Å². The van der Waals surface area contributed by atoms with Crippen molar-refractivity contribution >= 4 is 22.5 Å². The fourth-order valence-corrected chi connectivity index (χ4v) is 2.93. The van der Waals surface area contributed by atoms with Gasteiger partial charge in [0.05, 0.1) is 11.2 Å². The van der Waals surface area contributed by atoms with Crippen molar-refractivity contribution in [1.82, 2.24) is 15.1 Å². The van der Waals surface area contributed by atoms with Crippen molar-refractivity contribution in [1.29, 1.82) is 0 Å². The Morgan fingerprint density at radius 2 is 2.04 bits per heavy atom. The lowest BCUT2D eigenvalue weighted by molar-refractivity contribution is 0.0582. The number of amides is 1. The second kappa shape index (κ2) is 6.91. The maximum Gasteiger partial charge on any atom is 0.276 e. The summed E-state index contributed by atoms with van der Waals surface area (Å²) in [5.41, 5.74) is 7.47. The standard InChI is InChI=1S/C17H22N4O2/c1-21(9-6-12-7-10-23-11-8-12)17(22)16-15(18)13-4-2-3-5-14(13)19-20-16/h2-5,12H,6-11H2,1H3,(H2,18,19). The van der Waals surface area contributed by atoms with Crippen molar-refractivity contribution in [2.24, 2.45) is 5.92 Å². The Morgan fingerprint density at radius 3 is 2.83 bits per heavy atom. The second-order valence-electron chi connectivity index (χ2n) is 6.05. The molecule has 1 aliphatic rings. The zero-order chi connectivity index (χ0) is 16.2. The molecule has 0 radical (unpaired) electrons. The summed E-state index contributed by atoms with van der Waals surface area (Å²) >= 11 is 0. The Labute approximate surface area is 135 Å². The van der Waals surface area contributed by atoms with Crippen LogP contribution in [0.2, 0.25) is 0 Å². The van der Waals surface area contributed by atoms with Gasteiger partial charge in [0.15, 0.2) is 5.69 Å². The molecule has 2 heterocycles. The third-order valence-corrected chi connectivity index (χ3v) is 4.47. The van der Waals surface area contributed by atoms with Crippen LogP contribution in [0.15, 0.2) is 24.3 Å². The highest BCUT2D eigenvalue weighted by Crippen LogP contribution is 2.23. The summed E-state index contributed by atoms with van der Waals surface area (Å²) < 4.78 is 5.36. The summed E-state index contributed by atoms with van der Waals surface area (Å²) in [4.78, 5) is 14.3. The van der Waals surface area contributed by atoms with Crippen molar-refractivity contribution in [3.05, 3.63) is 30.0 Å². The van der Waals surface area contributed by atoms with Crippen LogP contribution in [0.5, 0.6) is 0 Å². The van der Waals surface area contributed by atoms with Gasteiger partial charge in [-0.05, 0) is 31.2 Å². The van der Waals surface area contributed by atoms with Crippen molar-refractivity contribution in [3.63, 3.8) is 0 Å². The molecule has 0 spiro atoms. The van der Waals surface area contributed by atoms with E-state index < -0.39 is 0 Å². The molecule has 0 saturated carbocycles. The number of aromatic nitrogens is 2. The van der Waals surface area contributed by atoms with Crippen LogP contribution in [0.25, 0.3) is 10.9 Å². The van der Waals surface area contributed by atoms with Crippen molar-refractivity contribution in [2.75, 3.05) is 32.5 Å². The molecule has 1 aliphatic heterocycles. The van der Waals surface area contributed by atoms with Gasteiger partial charge in [-0.2, -0.15) is 0 Å². The average Bonchev–Trinajstić information content (AvgIpc) is 2.60. The van der Waals surface area contributed by atoms with Crippen LogP contribution in [0.3, 0.4) is 0 Å². The molecule has 23 heavy (non-hydrogen) atoms. The fraction of sp³-hybridized carbons (Fsp3) is 0.471. The first kappa shape index (κ1) is 15.7. The van der Waals surface area contributed by atoms with Crippen LogP contribution < -0.4 is 5.73 Å². The number of nitrogens with two attached hydrogens (primary N) is 1. The number of carbonyl (C=O) groups excluding carboxylic acids is 1. The molecule has 1 amide bonds. The van der Waals surface area contributed by atoms with Crippen LogP contribution in [-0.2, 0) is 4.74 Å². The highest BCUT2D eigenvalue weighted by Gasteiger charge is 2.21. The van der Waals surface area contributed by atoms with Gasteiger partial charge in [-0.1, -0.05) is 18.2 Å². The lowest BCUT2D eigenvalue weighted by Gasteiger charge is -2.25. The molecule has 0 aliphatic carbocycles. The fourth-order valence-electron chi connectivity index (χ4n) is 2.93. The summed E-state index contributed by atoms with van der Waals surface area (Å²) in [6.07, 6.45) is 3.12. The predicted molar refractivity (Wildman–Crippen MR) is 89.1 cm³/mol. The third kappa shape index (κ3) is 3.42. The van der Waals surface area contributed by atoms with Crippen molar-refractivity contribution in [3.8, 4) is 0 Å². The quantitative estimate of drug-likeness (QED) is 0.934. The molecule has 0 unspecified atom stereocenters. The maximum absolute atomic E-state index is 12.6. The highest BCUT2D eigenvalue weighted by atomic mass is 16.5. The van der Waals surface area contributed by atoms with Gasteiger partial charge < -0.3 is 15.4 Å². The molecule has 2 N–H and O–H groups in total. The topological polar surface area (TPSA) is 81.3 Å². The zero-order valence-electron chi connectivity index (χ0n) is 13.4. The number of fused-ring (bicyclic) bond motifs is 1. The van der Waals surface area contributed by atoms with E-state index in [9.17, 15) is 4.79 Å². The van der Waals surface area contributed by atoms with E-state index in [0.29, 0.717) is 23.7 Å². The van der Waals surface area contributed by atoms with Gasteiger partial charge in [-0.3, -0.25) is 4.79 Å². The van der Waals surface area contributed by atoms with Gasteiger partial charge in [0, 0.05) is 32.2 Å². The smallest absolute Gasteiger partial charge is 0.276 e. The number of anilines is 1. The molecule has 1 saturated heterocycles. The van der Waals surface area contributed by atoms with E-state index >= 15 is 0 Å². The van der Waals surface area contributed by atoms with Gasteiger partial charge in [-0.15, -0.1) is 10.2 Å². The lowest BCUT2D eigenvalue weighted by Crippen LogP contribution is -2.31. The van der Waals surface area contributed by atoms with Gasteiger partial charge in [0.1, 0.15) is 0 Å². The molecule has 1 aromatic carbocycles. The Morgan fingerprint density at radius 1 is 1.30 bits per heavy atom. The number of carbonyl (C=O) groups is 1. The molecule has 3 rings (SSSR count). The number of rotatable bonds is 4. The van der Waals surface area contributed by atoms with Gasteiger partial charge in [0.25, 0.3) is 5.91 Å². The van der Waals surface area contributed by atoms with Crippen molar-refractivity contribution in [2.45, 2.75) is 19.3 Å². The summed E-state index contributed by atoms with van der Waals surface area (Å²) in [5, 5.41) is 8.90. The minimum absolute atomic E-state index is 0.173. The molecular formula is C17H22N4O2. The Bertz CT molecular complexity index is 698. The van der Waals surface area contributed by atoms with Crippen LogP contribution in [0.4, 0.5) is 5.69 Å². The summed E-state index contributed by atoms with van der Waals surface area (Å²) in [6, 6.07) is 7.45. The molecule has 1 aromatic heterocycles. The number of benzene rings is 1. The van der Waals surface area contributed by atoms with Crippen LogP contribution in [-0.4, -0.2) is 47.8 Å². The molecule has 0 atom stereocenters. The van der Waals surface area contributed by atoms with E-state index in [2.05, 4.69) is 10.2 Å². The normalized spacial score (nSPS) is 15.7. The number of nitrogens with zero attached hydrogens (tertiary/aromatic N) is 3. The Kier molecular flexibility index (Phi) is 4.71. The summed E-state index contributed by atoms with van der Waals surface area (Å²) in [7, 11) is 1.79. The number of hydrogen-bond donors (Lipinski definition) is 1. The highest BCUT2D eigenvalue weighted by molar-refractivity contribution is 6.04. The largest absolute Gasteiger partial charge is 0.396 e. The monoisotopic (exact) mass is 314 g/mol. The predicted octanol–water partition coefficient (Wildman–Crippen LogP) is 2.10. The minimum atomic E-state index is -0.173. The van der Waals surface area contributed by atoms with E-state index in [-0.39, 0.29) is 11.6 Å². The van der Waals surface area contributed by atoms with Crippen LogP contribution in [0, 0.1) is 5.92 Å². The van der Waals surface area contributed by atoms with Gasteiger partial charge in [0.2, 0.25) is 0 Å². The van der Waals surface area contributed by atoms with Crippen LogP contribution in [0.1, 0.15) is 29.8 Å². The van der Waals surface area contributed by atoms with E-state index in [4.69, 9.17) is 10.5 Å². The molecular weight excluding hydrogens is 292 g/mol. The lowest BCUT2D eigenvalue weighted by atomic mass is 9.96. The Balaban J connectivity index is 1.70. The van der Waals surface area contributed by atoms with E-state index in [1.807, 2.05) is 24.3 Å². The zero-order valence-corrected chi connectivity index (χ0v) is 13.4. The second-order valence-corrected chi connectivity index (χ2v) is 6.05. The average molecular weight is 314 g/mol.